The smallest absolute Gasteiger partial charge is 0.259 e. The number of amides is 1. The van der Waals surface area contributed by atoms with Crippen molar-refractivity contribution in [3.63, 3.8) is 0 Å². The number of nitrogens with one attached hydrogen (secondary N) is 1. The first-order valence-electron chi connectivity index (χ1n) is 10.5. The number of nitrogens with zero attached hydrogens (tertiary/aromatic N) is 3. The molecule has 32 heavy (non-hydrogen) atoms. The van der Waals surface area contributed by atoms with Crippen LogP contribution in [0.15, 0.2) is 78.9 Å². The van der Waals surface area contributed by atoms with Crippen molar-refractivity contribution >= 4 is 33.4 Å². The summed E-state index contributed by atoms with van der Waals surface area (Å²) < 4.78 is 5.46. The van der Waals surface area contributed by atoms with Crippen LogP contribution in [0.25, 0.3) is 27.5 Å². The van der Waals surface area contributed by atoms with Gasteiger partial charge in [0, 0.05) is 5.69 Å². The van der Waals surface area contributed by atoms with Gasteiger partial charge in [-0.15, -0.1) is 10.2 Å². The van der Waals surface area contributed by atoms with Crippen LogP contribution in [0.5, 0.6) is 5.75 Å². The molecule has 0 aliphatic rings. The Hall–Kier alpha value is -4.19. The Balaban J connectivity index is 1.44. The summed E-state index contributed by atoms with van der Waals surface area (Å²) in [5.74, 6) is 0.290. The van der Waals surface area contributed by atoms with E-state index in [0.29, 0.717) is 22.5 Å². The number of aryl methyl sites for hydroxylation is 1. The van der Waals surface area contributed by atoms with Crippen LogP contribution >= 0.6 is 0 Å². The number of hydrogen-bond acceptors (Lipinski definition) is 4. The van der Waals surface area contributed by atoms with Gasteiger partial charge in [0.2, 0.25) is 0 Å². The molecule has 158 valence electrons. The highest BCUT2D eigenvalue weighted by Gasteiger charge is 2.15. The van der Waals surface area contributed by atoms with Gasteiger partial charge in [-0.2, -0.15) is 4.80 Å². The number of ether oxygens (including phenoxy) is 1. The van der Waals surface area contributed by atoms with Gasteiger partial charge in [0.15, 0.2) is 0 Å². The van der Waals surface area contributed by atoms with Crippen molar-refractivity contribution in [3.8, 4) is 11.4 Å². The lowest BCUT2D eigenvalue weighted by Gasteiger charge is -2.11. The summed E-state index contributed by atoms with van der Waals surface area (Å²) in [6.07, 6.45) is 0.986. The van der Waals surface area contributed by atoms with E-state index in [1.54, 1.807) is 11.9 Å². The maximum atomic E-state index is 13.0. The van der Waals surface area contributed by atoms with Gasteiger partial charge in [-0.1, -0.05) is 43.3 Å². The molecule has 0 fully saturated rings. The van der Waals surface area contributed by atoms with Crippen molar-refractivity contribution in [1.82, 2.24) is 15.0 Å². The second-order valence-electron chi connectivity index (χ2n) is 7.57. The molecule has 6 nitrogen and oxygen atoms in total. The quantitative estimate of drug-likeness (QED) is 0.412. The molecule has 5 aromatic rings. The molecule has 0 saturated carbocycles. The molecule has 1 aromatic heterocycles. The largest absolute Gasteiger partial charge is 0.496 e. The van der Waals surface area contributed by atoms with E-state index in [-0.39, 0.29) is 5.91 Å². The standard InChI is InChI=1S/C26H22N4O2/c1-3-17-8-11-21(12-9-17)30-28-23-13-10-20(16-24(23)29-30)27-26(31)22-14-18-6-4-5-7-19(18)15-25(22)32-2/h4-16H,3H2,1-2H3,(H,27,31). The van der Waals surface area contributed by atoms with Gasteiger partial charge in [-0.3, -0.25) is 4.79 Å². The summed E-state index contributed by atoms with van der Waals surface area (Å²) in [7, 11) is 1.57. The molecule has 0 saturated heterocycles. The molecule has 0 bridgehead atoms. The van der Waals surface area contributed by atoms with Crippen LogP contribution in [-0.2, 0) is 6.42 Å². The van der Waals surface area contributed by atoms with Crippen LogP contribution in [0.3, 0.4) is 0 Å². The Kier molecular flexibility index (Phi) is 5.03. The van der Waals surface area contributed by atoms with Crippen molar-refractivity contribution in [2.75, 3.05) is 12.4 Å². The van der Waals surface area contributed by atoms with Crippen molar-refractivity contribution in [3.05, 3.63) is 90.0 Å². The normalized spacial score (nSPS) is 11.1. The zero-order valence-corrected chi connectivity index (χ0v) is 17.9. The van der Waals surface area contributed by atoms with Gasteiger partial charge in [-0.25, -0.2) is 0 Å². The predicted octanol–water partition coefficient (Wildman–Crippen LogP) is 5.40. The zero-order valence-electron chi connectivity index (χ0n) is 17.9. The van der Waals surface area contributed by atoms with E-state index in [1.807, 2.05) is 66.7 Å². The minimum Gasteiger partial charge on any atom is -0.496 e. The number of carbonyl (C=O) groups is 1. The molecule has 0 aliphatic heterocycles. The third-order valence-electron chi connectivity index (χ3n) is 5.53. The molecule has 0 atom stereocenters. The summed E-state index contributed by atoms with van der Waals surface area (Å²) >= 11 is 0. The molecule has 0 radical (unpaired) electrons. The van der Waals surface area contributed by atoms with Crippen LogP contribution < -0.4 is 10.1 Å². The van der Waals surface area contributed by atoms with E-state index in [9.17, 15) is 4.79 Å². The molecule has 6 heteroatoms. The first kappa shape index (κ1) is 19.8. The van der Waals surface area contributed by atoms with Gasteiger partial charge in [-0.05, 0) is 65.2 Å². The van der Waals surface area contributed by atoms with Crippen molar-refractivity contribution < 1.29 is 9.53 Å². The highest BCUT2D eigenvalue weighted by Crippen LogP contribution is 2.27. The summed E-state index contributed by atoms with van der Waals surface area (Å²) in [5, 5.41) is 14.1. The van der Waals surface area contributed by atoms with Crippen molar-refractivity contribution in [1.29, 1.82) is 0 Å². The van der Waals surface area contributed by atoms with E-state index in [1.165, 1.54) is 5.56 Å². The van der Waals surface area contributed by atoms with Crippen LogP contribution in [0, 0.1) is 0 Å². The molecule has 5 rings (SSSR count). The number of methoxy groups -OCH3 is 1. The van der Waals surface area contributed by atoms with Crippen molar-refractivity contribution in [2.24, 2.45) is 0 Å². The van der Waals surface area contributed by atoms with Crippen LogP contribution in [0.2, 0.25) is 0 Å². The fourth-order valence-corrected chi connectivity index (χ4v) is 3.74. The molecule has 1 amide bonds. The van der Waals surface area contributed by atoms with E-state index in [4.69, 9.17) is 4.74 Å². The number of fused-ring (bicyclic) bond motifs is 2. The zero-order chi connectivity index (χ0) is 22.1. The van der Waals surface area contributed by atoms with Crippen LogP contribution in [0.4, 0.5) is 5.69 Å². The lowest BCUT2D eigenvalue weighted by molar-refractivity contribution is 0.102. The topological polar surface area (TPSA) is 69.0 Å². The van der Waals surface area contributed by atoms with Gasteiger partial charge < -0.3 is 10.1 Å². The summed E-state index contributed by atoms with van der Waals surface area (Å²) in [6, 6.07) is 25.3. The number of carbonyl (C=O) groups excluding carboxylic acids is 1. The van der Waals surface area contributed by atoms with Gasteiger partial charge in [0.05, 0.1) is 18.4 Å². The SMILES string of the molecule is CCc1ccc(-n2nc3ccc(NC(=O)c4cc5ccccc5cc4OC)cc3n2)cc1. The van der Waals surface area contributed by atoms with Gasteiger partial charge in [0.1, 0.15) is 16.8 Å². The first-order chi connectivity index (χ1) is 15.6. The lowest BCUT2D eigenvalue weighted by atomic mass is 10.1. The van der Waals surface area contributed by atoms with E-state index in [0.717, 1.165) is 28.4 Å². The number of rotatable bonds is 5. The third kappa shape index (κ3) is 3.67. The third-order valence-corrected chi connectivity index (χ3v) is 5.53. The average molecular weight is 422 g/mol. The predicted molar refractivity (Wildman–Crippen MR) is 127 cm³/mol. The Morgan fingerprint density at radius 1 is 0.906 bits per heavy atom. The molecule has 0 unspecified atom stereocenters. The molecule has 1 heterocycles. The minimum absolute atomic E-state index is 0.241. The molecule has 1 N–H and O–H groups in total. The van der Waals surface area contributed by atoms with Gasteiger partial charge >= 0.3 is 0 Å². The van der Waals surface area contributed by atoms with Crippen molar-refractivity contribution in [2.45, 2.75) is 13.3 Å². The maximum absolute atomic E-state index is 13.0. The molecule has 0 spiro atoms. The highest BCUT2D eigenvalue weighted by atomic mass is 16.5. The summed E-state index contributed by atoms with van der Waals surface area (Å²) in [6.45, 7) is 2.12. The molecular weight excluding hydrogens is 400 g/mol. The second kappa shape index (κ2) is 8.15. The number of aromatic nitrogens is 3. The average Bonchev–Trinajstić information content (AvgIpc) is 3.26. The fraction of sp³-hybridized carbons (Fsp3) is 0.115. The van der Waals surface area contributed by atoms with Crippen LogP contribution in [-0.4, -0.2) is 28.0 Å². The minimum atomic E-state index is -0.241. The molecular formula is C26H22N4O2. The van der Waals surface area contributed by atoms with Gasteiger partial charge in [0.25, 0.3) is 5.91 Å². The maximum Gasteiger partial charge on any atom is 0.259 e. The Bertz CT molecular complexity index is 1440. The number of benzene rings is 4. The molecule has 0 aliphatic carbocycles. The lowest BCUT2D eigenvalue weighted by Crippen LogP contribution is -2.13. The molecule has 4 aromatic carbocycles. The van der Waals surface area contributed by atoms with E-state index in [2.05, 4.69) is 34.6 Å². The van der Waals surface area contributed by atoms with E-state index < -0.39 is 0 Å². The van der Waals surface area contributed by atoms with E-state index >= 15 is 0 Å². The number of anilines is 1. The Morgan fingerprint density at radius 3 is 2.34 bits per heavy atom. The Morgan fingerprint density at radius 2 is 1.62 bits per heavy atom. The summed E-state index contributed by atoms with van der Waals surface area (Å²) in [4.78, 5) is 14.6. The first-order valence-corrected chi connectivity index (χ1v) is 10.5. The Labute approximate surface area is 185 Å². The summed E-state index contributed by atoms with van der Waals surface area (Å²) in [5.41, 5.74) is 4.74. The second-order valence-corrected chi connectivity index (χ2v) is 7.57. The number of hydrogen-bond donors (Lipinski definition) is 1. The monoisotopic (exact) mass is 422 g/mol. The fourth-order valence-electron chi connectivity index (χ4n) is 3.74. The highest BCUT2D eigenvalue weighted by molar-refractivity contribution is 6.09. The van der Waals surface area contributed by atoms with Crippen LogP contribution in [0.1, 0.15) is 22.8 Å².